The largest absolute Gasteiger partial charge is 0.491 e. The van der Waals surface area contributed by atoms with Crippen molar-refractivity contribution in [2.24, 2.45) is 4.99 Å². The van der Waals surface area contributed by atoms with E-state index >= 15 is 0 Å². The van der Waals surface area contributed by atoms with Crippen molar-refractivity contribution in [1.29, 1.82) is 0 Å². The van der Waals surface area contributed by atoms with Gasteiger partial charge in [-0.3, -0.25) is 0 Å². The fraction of sp³-hybridized carbons (Fsp3) is 0.444. The van der Waals surface area contributed by atoms with Crippen LogP contribution in [0.2, 0.25) is 0 Å². The van der Waals surface area contributed by atoms with Crippen LogP contribution in [0.1, 0.15) is 65.2 Å². The Bertz CT molecular complexity index is 811. The number of aliphatic hydroxyl groups excluding tert-OH is 1. The van der Waals surface area contributed by atoms with E-state index in [2.05, 4.69) is 31.0 Å². The fourth-order valence-electron chi connectivity index (χ4n) is 2.77. The molecule has 0 spiro atoms. The molecule has 0 amide bonds. The zero-order chi connectivity index (χ0) is 24.5. The maximum Gasteiger partial charge on any atom is 0.222 e. The lowest BCUT2D eigenvalue weighted by atomic mass is 10.1. The average molecular weight is 444 g/mol. The second-order valence-electron chi connectivity index (χ2n) is 6.63. The van der Waals surface area contributed by atoms with Crippen molar-refractivity contribution >= 4 is 5.90 Å². The number of nitrogens with zero attached hydrogens (tertiary/aromatic N) is 1. The van der Waals surface area contributed by atoms with E-state index in [-0.39, 0.29) is 6.04 Å². The van der Waals surface area contributed by atoms with Gasteiger partial charge in [-0.2, -0.15) is 0 Å². The summed E-state index contributed by atoms with van der Waals surface area (Å²) in [5, 5.41) is 15.2. The quantitative estimate of drug-likeness (QED) is 0.551. The number of rotatable bonds is 5. The maximum atomic E-state index is 7.61. The Kier molecular flexibility index (Phi) is 15.6. The summed E-state index contributed by atoms with van der Waals surface area (Å²) in [7, 11) is 0. The Balaban J connectivity index is 0.00000106. The minimum Gasteiger partial charge on any atom is -0.491 e. The summed E-state index contributed by atoms with van der Waals surface area (Å²) in [4.78, 5) is 4.67. The second-order valence-corrected chi connectivity index (χ2v) is 6.63. The van der Waals surface area contributed by atoms with Gasteiger partial charge < -0.3 is 19.7 Å². The van der Waals surface area contributed by atoms with E-state index in [0.29, 0.717) is 12.5 Å². The smallest absolute Gasteiger partial charge is 0.222 e. The van der Waals surface area contributed by atoms with Crippen LogP contribution in [0.5, 0.6) is 5.75 Å². The van der Waals surface area contributed by atoms with Crippen LogP contribution in [-0.2, 0) is 11.2 Å². The third-order valence-corrected chi connectivity index (χ3v) is 4.11. The molecule has 5 nitrogen and oxygen atoms in total. The molecule has 0 fully saturated rings. The van der Waals surface area contributed by atoms with Gasteiger partial charge in [0.1, 0.15) is 30.4 Å². The molecule has 2 N–H and O–H groups in total. The molecule has 2 aromatic carbocycles. The van der Waals surface area contributed by atoms with Crippen molar-refractivity contribution in [3.05, 3.63) is 77.1 Å². The SMILES string of the molecule is CC.CC.CC(O)O.CCc1cc(OCC2C=C(C)OC(c3ccccc3)=N2)ccc1C. The van der Waals surface area contributed by atoms with Crippen LogP contribution in [0.4, 0.5) is 0 Å². The molecule has 1 heterocycles. The van der Waals surface area contributed by atoms with Crippen molar-refractivity contribution in [2.75, 3.05) is 6.61 Å². The lowest BCUT2D eigenvalue weighted by Gasteiger charge is -2.20. The molecule has 178 valence electrons. The van der Waals surface area contributed by atoms with Gasteiger partial charge in [0.25, 0.3) is 0 Å². The molecule has 1 aliphatic rings. The number of aliphatic hydroxyl groups is 2. The van der Waals surface area contributed by atoms with Gasteiger partial charge in [0, 0.05) is 5.56 Å². The third kappa shape index (κ3) is 11.1. The molecule has 32 heavy (non-hydrogen) atoms. The summed E-state index contributed by atoms with van der Waals surface area (Å²) in [5.41, 5.74) is 3.61. The van der Waals surface area contributed by atoms with Gasteiger partial charge in [-0.25, -0.2) is 4.99 Å². The zero-order valence-electron chi connectivity index (χ0n) is 20.9. The highest BCUT2D eigenvalue weighted by molar-refractivity contribution is 5.95. The molecule has 0 aliphatic carbocycles. The summed E-state index contributed by atoms with van der Waals surface area (Å²) in [5.74, 6) is 2.41. The summed E-state index contributed by atoms with van der Waals surface area (Å²) in [6.07, 6.45) is 1.84. The minimum atomic E-state index is -1.17. The highest BCUT2D eigenvalue weighted by Gasteiger charge is 2.17. The fourth-order valence-corrected chi connectivity index (χ4v) is 2.77. The lowest BCUT2D eigenvalue weighted by molar-refractivity contribution is -0.0228. The van der Waals surface area contributed by atoms with Gasteiger partial charge >= 0.3 is 0 Å². The summed E-state index contributed by atoms with van der Waals surface area (Å²) in [6.45, 7) is 16.0. The molecule has 0 saturated carbocycles. The molecule has 0 radical (unpaired) electrons. The Labute approximate surface area is 194 Å². The van der Waals surface area contributed by atoms with Crippen LogP contribution in [-0.4, -0.2) is 35.0 Å². The number of hydrogen-bond acceptors (Lipinski definition) is 5. The van der Waals surface area contributed by atoms with Crippen LogP contribution in [0, 0.1) is 6.92 Å². The average Bonchev–Trinajstić information content (AvgIpc) is 2.81. The number of aliphatic imine (C=N–C) groups is 1. The maximum absolute atomic E-state index is 7.61. The normalized spacial score (nSPS) is 14.2. The van der Waals surface area contributed by atoms with E-state index in [4.69, 9.17) is 19.7 Å². The van der Waals surface area contributed by atoms with Crippen molar-refractivity contribution in [3.63, 3.8) is 0 Å². The van der Waals surface area contributed by atoms with Crippen molar-refractivity contribution in [2.45, 2.75) is 74.1 Å². The Morgan fingerprint density at radius 1 is 1.00 bits per heavy atom. The first-order valence-corrected chi connectivity index (χ1v) is 11.5. The zero-order valence-corrected chi connectivity index (χ0v) is 20.9. The van der Waals surface area contributed by atoms with E-state index in [1.807, 2.05) is 77.1 Å². The van der Waals surface area contributed by atoms with Gasteiger partial charge in [-0.1, -0.05) is 58.9 Å². The van der Waals surface area contributed by atoms with Crippen LogP contribution in [0.25, 0.3) is 0 Å². The van der Waals surface area contributed by atoms with E-state index < -0.39 is 6.29 Å². The predicted molar refractivity (Wildman–Crippen MR) is 134 cm³/mol. The van der Waals surface area contributed by atoms with Gasteiger partial charge in [0.05, 0.1) is 0 Å². The Morgan fingerprint density at radius 3 is 2.16 bits per heavy atom. The van der Waals surface area contributed by atoms with Crippen LogP contribution in [0.15, 0.2) is 65.4 Å². The standard InChI is InChI=1S/C21H23NO2.C2H6O2.2C2H6/c1-4-17-13-20(11-10-15(17)2)23-14-19-12-16(3)24-21(22-19)18-8-6-5-7-9-18;1-2(3)4;2*1-2/h5-13,19H,4,14H2,1-3H3;2-4H,1H3;2*1-2H3. The third-order valence-electron chi connectivity index (χ3n) is 4.11. The molecule has 5 heteroatoms. The molecule has 1 atom stereocenters. The first-order valence-electron chi connectivity index (χ1n) is 11.5. The monoisotopic (exact) mass is 443 g/mol. The summed E-state index contributed by atoms with van der Waals surface area (Å²) in [6, 6.07) is 16.2. The second kappa shape index (κ2) is 17.0. The van der Waals surface area contributed by atoms with Crippen LogP contribution < -0.4 is 4.74 Å². The predicted octanol–water partition coefficient (Wildman–Crippen LogP) is 6.06. The van der Waals surface area contributed by atoms with Gasteiger partial charge in [0.15, 0.2) is 0 Å². The van der Waals surface area contributed by atoms with Crippen molar-refractivity contribution in [3.8, 4) is 5.75 Å². The first-order chi connectivity index (χ1) is 15.4. The van der Waals surface area contributed by atoms with Gasteiger partial charge in [0.2, 0.25) is 5.90 Å². The Morgan fingerprint density at radius 2 is 1.59 bits per heavy atom. The first kappa shape index (κ1) is 29.4. The van der Waals surface area contributed by atoms with E-state index in [1.165, 1.54) is 18.1 Å². The van der Waals surface area contributed by atoms with E-state index in [9.17, 15) is 0 Å². The topological polar surface area (TPSA) is 71.3 Å². The van der Waals surface area contributed by atoms with Crippen molar-refractivity contribution in [1.82, 2.24) is 0 Å². The molecule has 1 aliphatic heterocycles. The van der Waals surface area contributed by atoms with Crippen LogP contribution >= 0.6 is 0 Å². The highest BCUT2D eigenvalue weighted by Crippen LogP contribution is 2.20. The number of aryl methyl sites for hydroxylation is 2. The highest BCUT2D eigenvalue weighted by atomic mass is 16.5. The van der Waals surface area contributed by atoms with Gasteiger partial charge in [-0.15, -0.1) is 0 Å². The Hall–Kier alpha value is -2.63. The molecular weight excluding hydrogens is 402 g/mol. The van der Waals surface area contributed by atoms with E-state index in [1.54, 1.807) is 0 Å². The van der Waals surface area contributed by atoms with Crippen molar-refractivity contribution < 1.29 is 19.7 Å². The summed E-state index contributed by atoms with van der Waals surface area (Å²) >= 11 is 0. The lowest BCUT2D eigenvalue weighted by Crippen LogP contribution is -2.22. The molecule has 0 saturated heterocycles. The van der Waals surface area contributed by atoms with E-state index in [0.717, 1.165) is 23.5 Å². The number of hydrogen-bond donors (Lipinski definition) is 2. The minimum absolute atomic E-state index is 0.0414. The molecule has 0 bridgehead atoms. The number of allylic oxidation sites excluding steroid dienone is 1. The molecule has 3 rings (SSSR count). The van der Waals surface area contributed by atoms with Crippen LogP contribution in [0.3, 0.4) is 0 Å². The number of ether oxygens (including phenoxy) is 2. The molecule has 0 aromatic heterocycles. The molecule has 2 aromatic rings. The summed E-state index contributed by atoms with van der Waals surface area (Å²) < 4.78 is 11.7. The molecule has 1 unspecified atom stereocenters. The number of benzene rings is 2. The molecular formula is C27H41NO4. The van der Waals surface area contributed by atoms with Gasteiger partial charge in [-0.05, 0) is 68.7 Å².